The molecule has 33 heavy (non-hydrogen) atoms. The maximum absolute atomic E-state index is 12.7. The van der Waals surface area contributed by atoms with Gasteiger partial charge in [0.05, 0.1) is 16.9 Å². The molecule has 0 aliphatic carbocycles. The quantitative estimate of drug-likeness (QED) is 0.166. The van der Waals surface area contributed by atoms with Gasteiger partial charge < -0.3 is 10.1 Å². The fourth-order valence-electron chi connectivity index (χ4n) is 3.17. The molecule has 2 aromatic rings. The van der Waals surface area contributed by atoms with Crippen LogP contribution >= 0.6 is 24.0 Å². The number of non-ortho nitro benzene ring substituents is 1. The van der Waals surface area contributed by atoms with E-state index in [4.69, 9.17) is 17.0 Å². The third-order valence-electron chi connectivity index (χ3n) is 4.93. The number of rotatable bonds is 10. The van der Waals surface area contributed by atoms with E-state index in [-0.39, 0.29) is 17.5 Å². The van der Waals surface area contributed by atoms with Crippen LogP contribution in [-0.2, 0) is 9.59 Å². The van der Waals surface area contributed by atoms with Gasteiger partial charge in [-0.2, -0.15) is 0 Å². The molecule has 0 aromatic heterocycles. The lowest BCUT2D eigenvalue weighted by atomic mass is 10.1. The number of unbranched alkanes of at least 4 members (excludes halogenated alkanes) is 2. The molecule has 1 fully saturated rings. The summed E-state index contributed by atoms with van der Waals surface area (Å²) < 4.78 is 5.68. The second kappa shape index (κ2) is 11.6. The number of hydrogen-bond donors (Lipinski definition) is 1. The predicted molar refractivity (Wildman–Crippen MR) is 133 cm³/mol. The normalized spacial score (nSPS) is 14.6. The highest BCUT2D eigenvalue weighted by Crippen LogP contribution is 2.33. The number of methoxy groups -OCH3 is 1. The van der Waals surface area contributed by atoms with E-state index in [1.807, 2.05) is 30.3 Å². The van der Waals surface area contributed by atoms with Gasteiger partial charge in [-0.05, 0) is 48.7 Å². The first-order chi connectivity index (χ1) is 15.9. The number of ether oxygens (including phenoxy) is 1. The van der Waals surface area contributed by atoms with Crippen molar-refractivity contribution in [2.75, 3.05) is 19.0 Å². The van der Waals surface area contributed by atoms with Gasteiger partial charge in [0.15, 0.2) is 0 Å². The van der Waals surface area contributed by atoms with E-state index in [0.29, 0.717) is 34.3 Å². The molecule has 2 amide bonds. The zero-order valence-electron chi connectivity index (χ0n) is 18.0. The Morgan fingerprint density at radius 1 is 1.15 bits per heavy atom. The van der Waals surface area contributed by atoms with Crippen LogP contribution in [-0.4, -0.2) is 39.6 Å². The molecule has 0 radical (unpaired) electrons. The molecule has 1 aliphatic rings. The topological polar surface area (TPSA) is 102 Å². The fourth-order valence-corrected chi connectivity index (χ4v) is 4.48. The van der Waals surface area contributed by atoms with Crippen molar-refractivity contribution in [2.45, 2.75) is 25.7 Å². The lowest BCUT2D eigenvalue weighted by Gasteiger charge is -2.14. The molecule has 2 aromatic carbocycles. The number of benzene rings is 2. The van der Waals surface area contributed by atoms with Gasteiger partial charge in [-0.25, -0.2) is 0 Å². The average Bonchev–Trinajstić information content (AvgIpc) is 3.07. The number of carbonyl (C=O) groups excluding carboxylic acids is 2. The van der Waals surface area contributed by atoms with E-state index in [2.05, 4.69) is 5.32 Å². The zero-order valence-corrected chi connectivity index (χ0v) is 19.6. The number of thiocarbonyl (C=S) groups is 1. The van der Waals surface area contributed by atoms with Crippen molar-refractivity contribution in [1.29, 1.82) is 0 Å². The molecule has 0 spiro atoms. The Labute approximate surface area is 201 Å². The summed E-state index contributed by atoms with van der Waals surface area (Å²) in [6.45, 7) is 0.509. The van der Waals surface area contributed by atoms with Crippen LogP contribution in [0, 0.1) is 10.1 Å². The van der Waals surface area contributed by atoms with Crippen molar-refractivity contribution in [3.63, 3.8) is 0 Å². The number of carbonyl (C=O) groups is 2. The number of nitrogens with one attached hydrogen (secondary N) is 1. The molecular formula is C23H23N3O5S2. The largest absolute Gasteiger partial charge is 0.497 e. The number of nitrogens with zero attached hydrogens (tertiary/aromatic N) is 2. The van der Waals surface area contributed by atoms with Crippen LogP contribution in [0.2, 0.25) is 0 Å². The van der Waals surface area contributed by atoms with Crippen molar-refractivity contribution in [2.24, 2.45) is 0 Å². The Morgan fingerprint density at radius 2 is 1.85 bits per heavy atom. The van der Waals surface area contributed by atoms with Crippen molar-refractivity contribution in [1.82, 2.24) is 4.90 Å². The summed E-state index contributed by atoms with van der Waals surface area (Å²) in [6, 6.07) is 13.1. The Balaban J connectivity index is 1.40. The third kappa shape index (κ3) is 6.87. The van der Waals surface area contributed by atoms with Crippen LogP contribution in [0.1, 0.15) is 31.2 Å². The maximum atomic E-state index is 12.7. The first-order valence-corrected chi connectivity index (χ1v) is 11.5. The second-order valence-corrected chi connectivity index (χ2v) is 8.95. The summed E-state index contributed by atoms with van der Waals surface area (Å²) in [4.78, 5) is 37.1. The molecule has 3 rings (SSSR count). The van der Waals surface area contributed by atoms with Gasteiger partial charge >= 0.3 is 0 Å². The number of nitro benzene ring substituents is 1. The fraction of sp³-hybridized carbons (Fsp3) is 0.261. The summed E-state index contributed by atoms with van der Waals surface area (Å²) in [7, 11) is 1.60. The van der Waals surface area contributed by atoms with Crippen LogP contribution in [0.4, 0.5) is 11.4 Å². The Kier molecular flexibility index (Phi) is 8.56. The molecule has 1 saturated heterocycles. The lowest BCUT2D eigenvalue weighted by molar-refractivity contribution is -0.384. The first kappa shape index (κ1) is 24.4. The molecule has 1 aliphatic heterocycles. The van der Waals surface area contributed by atoms with Crippen molar-refractivity contribution >= 4 is 57.6 Å². The molecule has 172 valence electrons. The maximum Gasteiger partial charge on any atom is 0.269 e. The van der Waals surface area contributed by atoms with Crippen LogP contribution < -0.4 is 10.1 Å². The smallest absolute Gasteiger partial charge is 0.269 e. The summed E-state index contributed by atoms with van der Waals surface area (Å²) in [5, 5.41) is 13.4. The molecular weight excluding hydrogens is 462 g/mol. The van der Waals surface area contributed by atoms with Crippen LogP contribution in [0.15, 0.2) is 53.4 Å². The molecule has 1 N–H and O–H groups in total. The van der Waals surface area contributed by atoms with Gasteiger partial charge in [0.1, 0.15) is 10.1 Å². The van der Waals surface area contributed by atoms with E-state index >= 15 is 0 Å². The molecule has 0 bridgehead atoms. The van der Waals surface area contributed by atoms with Crippen LogP contribution in [0.3, 0.4) is 0 Å². The monoisotopic (exact) mass is 485 g/mol. The van der Waals surface area contributed by atoms with E-state index in [1.54, 1.807) is 12.0 Å². The minimum absolute atomic E-state index is 0.0254. The first-order valence-electron chi connectivity index (χ1n) is 10.3. The molecule has 10 heteroatoms. The third-order valence-corrected chi connectivity index (χ3v) is 6.31. The van der Waals surface area contributed by atoms with Gasteiger partial charge in [-0.1, -0.05) is 42.5 Å². The highest BCUT2D eigenvalue weighted by molar-refractivity contribution is 8.26. The second-order valence-electron chi connectivity index (χ2n) is 7.27. The van der Waals surface area contributed by atoms with Crippen molar-refractivity contribution < 1.29 is 19.2 Å². The molecule has 0 saturated carbocycles. The van der Waals surface area contributed by atoms with E-state index in [1.165, 1.54) is 36.0 Å². The standard InChI is InChI=1S/C23H23N3O5S2/c1-31-19-12-6-16(7-13-19)15-20-22(28)25(23(32)33-20)14-4-2-3-5-21(27)24-17-8-10-18(11-9-17)26(29)30/h6-13,15H,2-5,14H2,1H3,(H,24,27)/b20-15-. The number of hydrogen-bond acceptors (Lipinski definition) is 7. The minimum atomic E-state index is -0.487. The summed E-state index contributed by atoms with van der Waals surface area (Å²) in [5.74, 6) is 0.495. The summed E-state index contributed by atoms with van der Waals surface area (Å²) >= 11 is 6.66. The minimum Gasteiger partial charge on any atom is -0.497 e. The number of nitro groups is 1. The molecule has 0 unspecified atom stereocenters. The van der Waals surface area contributed by atoms with Gasteiger partial charge in [0.25, 0.3) is 11.6 Å². The van der Waals surface area contributed by atoms with Crippen molar-refractivity contribution in [3.05, 3.63) is 69.1 Å². The van der Waals surface area contributed by atoms with Gasteiger partial charge in [-0.3, -0.25) is 24.6 Å². The number of amides is 2. The molecule has 8 nitrogen and oxygen atoms in total. The van der Waals surface area contributed by atoms with Crippen LogP contribution in [0.5, 0.6) is 5.75 Å². The summed E-state index contributed by atoms with van der Waals surface area (Å²) in [5.41, 5.74) is 1.39. The molecule has 1 heterocycles. The summed E-state index contributed by atoms with van der Waals surface area (Å²) in [6.07, 6.45) is 4.30. The highest BCUT2D eigenvalue weighted by Gasteiger charge is 2.31. The lowest BCUT2D eigenvalue weighted by Crippen LogP contribution is -2.29. The van der Waals surface area contributed by atoms with E-state index < -0.39 is 4.92 Å². The van der Waals surface area contributed by atoms with Crippen molar-refractivity contribution in [3.8, 4) is 5.75 Å². The number of anilines is 1. The highest BCUT2D eigenvalue weighted by atomic mass is 32.2. The Hall–Kier alpha value is -3.24. The SMILES string of the molecule is COc1ccc(/C=C2\SC(=S)N(CCCCCC(=O)Nc3ccc([N+](=O)[O-])cc3)C2=O)cc1. The Bertz CT molecular complexity index is 1070. The van der Waals surface area contributed by atoms with Gasteiger partial charge in [0.2, 0.25) is 5.91 Å². The zero-order chi connectivity index (χ0) is 23.8. The van der Waals surface area contributed by atoms with Crippen LogP contribution in [0.25, 0.3) is 6.08 Å². The Morgan fingerprint density at radius 3 is 2.48 bits per heavy atom. The average molecular weight is 486 g/mol. The van der Waals surface area contributed by atoms with Gasteiger partial charge in [0, 0.05) is 30.8 Å². The molecule has 0 atom stereocenters. The van der Waals surface area contributed by atoms with Gasteiger partial charge in [-0.15, -0.1) is 0 Å². The van der Waals surface area contributed by atoms with E-state index in [0.717, 1.165) is 24.2 Å². The van der Waals surface area contributed by atoms with E-state index in [9.17, 15) is 19.7 Å². The number of thioether (sulfide) groups is 1. The predicted octanol–water partition coefficient (Wildman–Crippen LogP) is 5.00.